The van der Waals surface area contributed by atoms with Gasteiger partial charge in [0.2, 0.25) is 0 Å². The first-order chi connectivity index (χ1) is 10.8. The normalized spacial score (nSPS) is 16.0. The molecule has 22 heavy (non-hydrogen) atoms. The summed E-state index contributed by atoms with van der Waals surface area (Å²) in [6, 6.07) is 2.43. The maximum Gasteiger partial charge on any atom is 0.137 e. The number of nitrogens with zero attached hydrogens (tertiary/aromatic N) is 2. The lowest BCUT2D eigenvalue weighted by molar-refractivity contribution is -0.118. The van der Waals surface area contributed by atoms with Gasteiger partial charge in [0, 0.05) is 30.8 Å². The van der Waals surface area contributed by atoms with E-state index in [1.807, 2.05) is 13.0 Å². The summed E-state index contributed by atoms with van der Waals surface area (Å²) in [5.41, 5.74) is 1.94. The minimum atomic E-state index is 0.286. The van der Waals surface area contributed by atoms with Gasteiger partial charge in [0.05, 0.1) is 10.9 Å². The number of aromatic amines is 1. The predicted octanol–water partition coefficient (Wildman–Crippen LogP) is 3.61. The van der Waals surface area contributed by atoms with Crippen LogP contribution >= 0.6 is 0 Å². The molecule has 0 aromatic carbocycles. The van der Waals surface area contributed by atoms with Crippen LogP contribution in [0.3, 0.4) is 0 Å². The number of H-pyrrole nitrogens is 1. The minimum Gasteiger partial charge on any atom is -0.367 e. The summed E-state index contributed by atoms with van der Waals surface area (Å²) in [4.78, 5) is 16.1. The van der Waals surface area contributed by atoms with Crippen molar-refractivity contribution in [1.29, 1.82) is 0 Å². The van der Waals surface area contributed by atoms with E-state index in [0.717, 1.165) is 22.4 Å². The van der Waals surface area contributed by atoms with Crippen molar-refractivity contribution in [3.05, 3.63) is 18.0 Å². The molecule has 0 radical (unpaired) electrons. The molecule has 0 atom stereocenters. The second-order valence-corrected chi connectivity index (χ2v) is 6.13. The molecule has 2 aromatic rings. The molecule has 2 aromatic heterocycles. The number of nitrogens with one attached hydrogen (secondary N) is 2. The van der Waals surface area contributed by atoms with Crippen molar-refractivity contribution in [3.8, 4) is 0 Å². The minimum absolute atomic E-state index is 0.286. The predicted molar refractivity (Wildman–Crippen MR) is 88.0 cm³/mol. The Labute approximate surface area is 130 Å². The van der Waals surface area contributed by atoms with Gasteiger partial charge in [0.15, 0.2) is 0 Å². The summed E-state index contributed by atoms with van der Waals surface area (Å²) in [6.45, 7) is 1.91. The number of hydrogen-bond acceptors (Lipinski definition) is 4. The third kappa shape index (κ3) is 3.29. The SMILES string of the molecule is CCC(=O)CCc1[nH]nc2ccnc(NC3CCCCC3)c12. The largest absolute Gasteiger partial charge is 0.367 e. The van der Waals surface area contributed by atoms with Crippen LogP contribution in [-0.4, -0.2) is 27.0 Å². The Balaban J connectivity index is 1.82. The highest BCUT2D eigenvalue weighted by Crippen LogP contribution is 2.27. The fourth-order valence-electron chi connectivity index (χ4n) is 3.20. The number of carbonyl (C=O) groups is 1. The average molecular weight is 300 g/mol. The quantitative estimate of drug-likeness (QED) is 0.855. The highest BCUT2D eigenvalue weighted by atomic mass is 16.1. The van der Waals surface area contributed by atoms with E-state index in [1.54, 1.807) is 6.20 Å². The van der Waals surface area contributed by atoms with Crippen molar-refractivity contribution in [3.63, 3.8) is 0 Å². The molecule has 0 spiro atoms. The molecule has 2 heterocycles. The molecule has 0 unspecified atom stereocenters. The van der Waals surface area contributed by atoms with Gasteiger partial charge in [0.1, 0.15) is 11.6 Å². The van der Waals surface area contributed by atoms with Gasteiger partial charge in [-0.2, -0.15) is 5.10 Å². The van der Waals surface area contributed by atoms with Crippen LogP contribution in [0.4, 0.5) is 5.82 Å². The van der Waals surface area contributed by atoms with Crippen molar-refractivity contribution < 1.29 is 4.79 Å². The number of pyridine rings is 1. The maximum absolute atomic E-state index is 11.6. The second-order valence-electron chi connectivity index (χ2n) is 6.13. The van der Waals surface area contributed by atoms with E-state index in [-0.39, 0.29) is 5.78 Å². The van der Waals surface area contributed by atoms with Gasteiger partial charge in [-0.05, 0) is 25.3 Å². The summed E-state index contributed by atoms with van der Waals surface area (Å²) in [5.74, 6) is 1.20. The monoisotopic (exact) mass is 300 g/mol. The van der Waals surface area contributed by atoms with Crippen molar-refractivity contribution >= 4 is 22.5 Å². The van der Waals surface area contributed by atoms with Crippen LogP contribution < -0.4 is 5.32 Å². The first-order valence-electron chi connectivity index (χ1n) is 8.38. The summed E-state index contributed by atoms with van der Waals surface area (Å²) >= 11 is 0. The number of rotatable bonds is 6. The number of hydrogen-bond donors (Lipinski definition) is 2. The second kappa shape index (κ2) is 6.90. The first kappa shape index (κ1) is 15.0. The molecule has 0 saturated heterocycles. The molecule has 1 saturated carbocycles. The molecule has 3 rings (SSSR count). The topological polar surface area (TPSA) is 70.7 Å². The number of Topliss-reactive ketones (excluding diaryl/α,β-unsaturated/α-hetero) is 1. The van der Waals surface area contributed by atoms with Gasteiger partial charge < -0.3 is 5.32 Å². The zero-order chi connectivity index (χ0) is 15.4. The molecule has 5 heteroatoms. The lowest BCUT2D eigenvalue weighted by Gasteiger charge is -2.23. The van der Waals surface area contributed by atoms with Crippen LogP contribution in [0.5, 0.6) is 0 Å². The Kier molecular flexibility index (Phi) is 4.71. The lowest BCUT2D eigenvalue weighted by Crippen LogP contribution is -2.23. The zero-order valence-electron chi connectivity index (χ0n) is 13.2. The molecule has 5 nitrogen and oxygen atoms in total. The molecular formula is C17H24N4O. The Morgan fingerprint density at radius 2 is 2.18 bits per heavy atom. The summed E-state index contributed by atoms with van der Waals surface area (Å²) in [6.07, 6.45) is 9.99. The standard InChI is InChI=1S/C17H24N4O/c1-2-13(22)8-9-14-16-15(21-20-14)10-11-18-17(16)19-12-6-4-3-5-7-12/h10-12H,2-9H2,1H3,(H,18,19)(H,20,21). The summed E-state index contributed by atoms with van der Waals surface area (Å²) in [5, 5.41) is 12.1. The zero-order valence-corrected chi connectivity index (χ0v) is 13.2. The molecule has 1 aliphatic carbocycles. The number of carbonyl (C=O) groups excluding carboxylic acids is 1. The fraction of sp³-hybridized carbons (Fsp3) is 0.588. The van der Waals surface area contributed by atoms with Crippen molar-refractivity contribution in [2.75, 3.05) is 5.32 Å². The van der Waals surface area contributed by atoms with E-state index < -0.39 is 0 Å². The van der Waals surface area contributed by atoms with Gasteiger partial charge in [-0.1, -0.05) is 26.2 Å². The Hall–Kier alpha value is -1.91. The Morgan fingerprint density at radius 1 is 1.36 bits per heavy atom. The van der Waals surface area contributed by atoms with E-state index in [4.69, 9.17) is 0 Å². The molecule has 0 aliphatic heterocycles. The molecule has 2 N–H and O–H groups in total. The molecule has 118 valence electrons. The lowest BCUT2D eigenvalue weighted by atomic mass is 9.95. The van der Waals surface area contributed by atoms with Gasteiger partial charge in [-0.3, -0.25) is 9.89 Å². The number of aryl methyl sites for hydroxylation is 1. The number of anilines is 1. The third-order valence-electron chi connectivity index (χ3n) is 4.54. The Bertz CT molecular complexity index is 643. The first-order valence-corrected chi connectivity index (χ1v) is 8.38. The maximum atomic E-state index is 11.6. The fourth-order valence-corrected chi connectivity index (χ4v) is 3.20. The van der Waals surface area contributed by atoms with Crippen LogP contribution in [0.15, 0.2) is 12.3 Å². The van der Waals surface area contributed by atoms with Gasteiger partial charge in [-0.15, -0.1) is 0 Å². The van der Waals surface area contributed by atoms with Crippen LogP contribution in [0, 0.1) is 0 Å². The van der Waals surface area contributed by atoms with Crippen molar-refractivity contribution in [2.45, 2.75) is 64.3 Å². The van der Waals surface area contributed by atoms with Crippen LogP contribution in [0.25, 0.3) is 10.9 Å². The van der Waals surface area contributed by atoms with E-state index in [1.165, 1.54) is 32.1 Å². The van der Waals surface area contributed by atoms with Gasteiger partial charge in [0.25, 0.3) is 0 Å². The third-order valence-corrected chi connectivity index (χ3v) is 4.54. The van der Waals surface area contributed by atoms with E-state index in [9.17, 15) is 4.79 Å². The Morgan fingerprint density at radius 3 is 2.95 bits per heavy atom. The smallest absolute Gasteiger partial charge is 0.137 e. The average Bonchev–Trinajstić information content (AvgIpc) is 2.98. The van der Waals surface area contributed by atoms with Crippen LogP contribution in [0.1, 0.15) is 57.6 Å². The molecule has 1 aliphatic rings. The molecular weight excluding hydrogens is 276 g/mol. The highest BCUT2D eigenvalue weighted by molar-refractivity contribution is 5.92. The molecule has 0 bridgehead atoms. The van der Waals surface area contributed by atoms with Gasteiger partial charge >= 0.3 is 0 Å². The number of fused-ring (bicyclic) bond motifs is 1. The number of ketones is 1. The number of aromatic nitrogens is 3. The van der Waals surface area contributed by atoms with Crippen molar-refractivity contribution in [2.24, 2.45) is 0 Å². The molecule has 0 amide bonds. The van der Waals surface area contributed by atoms with Gasteiger partial charge in [-0.25, -0.2) is 4.98 Å². The van der Waals surface area contributed by atoms with E-state index in [0.29, 0.717) is 25.3 Å². The van der Waals surface area contributed by atoms with Crippen LogP contribution in [0.2, 0.25) is 0 Å². The molecule has 1 fully saturated rings. The van der Waals surface area contributed by atoms with E-state index >= 15 is 0 Å². The summed E-state index contributed by atoms with van der Waals surface area (Å²) in [7, 11) is 0. The van der Waals surface area contributed by atoms with E-state index in [2.05, 4.69) is 20.5 Å². The summed E-state index contributed by atoms with van der Waals surface area (Å²) < 4.78 is 0. The van der Waals surface area contributed by atoms with Crippen molar-refractivity contribution in [1.82, 2.24) is 15.2 Å². The highest BCUT2D eigenvalue weighted by Gasteiger charge is 2.17. The van der Waals surface area contributed by atoms with Crippen LogP contribution in [-0.2, 0) is 11.2 Å².